The predicted molar refractivity (Wildman–Crippen MR) is 43.5 cm³/mol. The monoisotopic (exact) mass is 165 g/mol. The highest BCUT2D eigenvalue weighted by atomic mass is 16.1. The summed E-state index contributed by atoms with van der Waals surface area (Å²) in [6, 6.07) is 0. The maximum Gasteiger partial charge on any atom is 0.226 e. The molecule has 0 fully saturated rings. The molecule has 64 valence electrons. The van der Waals surface area contributed by atoms with Crippen molar-refractivity contribution in [3.05, 3.63) is 17.5 Å². The largest absolute Gasteiger partial charge is 0.352 e. The van der Waals surface area contributed by atoms with Crippen molar-refractivity contribution < 1.29 is 4.79 Å². The average molecular weight is 165 g/mol. The van der Waals surface area contributed by atoms with Gasteiger partial charge in [0.2, 0.25) is 5.91 Å². The van der Waals surface area contributed by atoms with E-state index in [4.69, 9.17) is 0 Å². The molecule has 1 aliphatic rings. The van der Waals surface area contributed by atoms with Crippen LogP contribution >= 0.6 is 0 Å². The molecule has 0 spiro atoms. The molecule has 2 heterocycles. The van der Waals surface area contributed by atoms with Crippen molar-refractivity contribution in [1.29, 1.82) is 0 Å². The molecule has 0 saturated carbocycles. The summed E-state index contributed by atoms with van der Waals surface area (Å²) in [6.07, 6.45) is 2.31. The molecular formula is C8H11N3O. The lowest BCUT2D eigenvalue weighted by molar-refractivity contribution is -0.121. The van der Waals surface area contributed by atoms with Crippen LogP contribution in [-0.2, 0) is 24.3 Å². The molecule has 1 aromatic heterocycles. The molecule has 1 amide bonds. The highest BCUT2D eigenvalue weighted by Crippen LogP contribution is 2.12. The fraction of sp³-hybridized carbons (Fsp3) is 0.500. The normalized spacial score (nSPS) is 15.6. The smallest absolute Gasteiger partial charge is 0.226 e. The van der Waals surface area contributed by atoms with Gasteiger partial charge < -0.3 is 5.32 Å². The van der Waals surface area contributed by atoms with Gasteiger partial charge in [-0.3, -0.25) is 9.48 Å². The van der Waals surface area contributed by atoms with Gasteiger partial charge in [0.25, 0.3) is 0 Å². The lowest BCUT2D eigenvalue weighted by atomic mass is 10.1. The molecule has 4 nitrogen and oxygen atoms in total. The number of carbonyl (C=O) groups excluding carboxylic acids is 1. The molecule has 0 bridgehead atoms. The maximum absolute atomic E-state index is 11.0. The number of hydrogen-bond donors (Lipinski definition) is 1. The second-order valence-corrected chi connectivity index (χ2v) is 2.89. The Kier molecular flexibility index (Phi) is 1.60. The van der Waals surface area contributed by atoms with E-state index in [0.717, 1.165) is 17.8 Å². The number of fused-ring (bicyclic) bond motifs is 1. The average Bonchev–Trinajstić information content (AvgIpc) is 2.46. The molecule has 1 aliphatic heterocycles. The van der Waals surface area contributed by atoms with Gasteiger partial charge in [0, 0.05) is 18.7 Å². The predicted octanol–water partition coefficient (Wildman–Crippen LogP) is 0.0753. The molecule has 0 unspecified atom stereocenters. The van der Waals surface area contributed by atoms with E-state index in [1.807, 2.05) is 17.8 Å². The molecule has 0 atom stereocenters. The molecule has 4 heteroatoms. The number of carbonyl (C=O) groups is 1. The minimum absolute atomic E-state index is 0.0951. The first-order valence-corrected chi connectivity index (χ1v) is 4.11. The summed E-state index contributed by atoms with van der Waals surface area (Å²) in [7, 11) is 0. The summed E-state index contributed by atoms with van der Waals surface area (Å²) in [6.45, 7) is 3.50. The molecule has 2 rings (SSSR count). The third-order valence-corrected chi connectivity index (χ3v) is 2.14. The van der Waals surface area contributed by atoms with Crippen molar-refractivity contribution in [3.8, 4) is 0 Å². The lowest BCUT2D eigenvalue weighted by Crippen LogP contribution is -2.30. The topological polar surface area (TPSA) is 46.9 Å². The Bertz CT molecular complexity index is 303. The summed E-state index contributed by atoms with van der Waals surface area (Å²) in [4.78, 5) is 11.0. The van der Waals surface area contributed by atoms with Gasteiger partial charge in [-0.15, -0.1) is 0 Å². The summed E-state index contributed by atoms with van der Waals surface area (Å²) < 4.78 is 1.88. The van der Waals surface area contributed by atoms with Crippen molar-refractivity contribution >= 4 is 5.91 Å². The van der Waals surface area contributed by atoms with E-state index in [2.05, 4.69) is 10.4 Å². The van der Waals surface area contributed by atoms with Crippen molar-refractivity contribution in [2.24, 2.45) is 0 Å². The third-order valence-electron chi connectivity index (χ3n) is 2.14. The number of aryl methyl sites for hydroxylation is 1. The van der Waals surface area contributed by atoms with Crippen molar-refractivity contribution in [2.75, 3.05) is 0 Å². The second kappa shape index (κ2) is 2.62. The molecule has 1 N–H and O–H groups in total. The van der Waals surface area contributed by atoms with Crippen LogP contribution in [0, 0.1) is 0 Å². The second-order valence-electron chi connectivity index (χ2n) is 2.89. The number of nitrogens with one attached hydrogen (secondary N) is 1. The van der Waals surface area contributed by atoms with Crippen LogP contribution < -0.4 is 5.32 Å². The van der Waals surface area contributed by atoms with Gasteiger partial charge >= 0.3 is 0 Å². The zero-order valence-electron chi connectivity index (χ0n) is 7.00. The number of rotatable bonds is 1. The van der Waals surface area contributed by atoms with E-state index < -0.39 is 0 Å². The summed E-state index contributed by atoms with van der Waals surface area (Å²) in [5, 5.41) is 6.96. The van der Waals surface area contributed by atoms with Crippen molar-refractivity contribution in [3.63, 3.8) is 0 Å². The fourth-order valence-electron chi connectivity index (χ4n) is 1.48. The fourth-order valence-corrected chi connectivity index (χ4v) is 1.48. The van der Waals surface area contributed by atoms with Gasteiger partial charge in [-0.25, -0.2) is 0 Å². The van der Waals surface area contributed by atoms with Crippen LogP contribution in [0.2, 0.25) is 0 Å². The van der Waals surface area contributed by atoms with Crippen LogP contribution in [0.25, 0.3) is 0 Å². The minimum atomic E-state index is 0.0951. The van der Waals surface area contributed by atoms with Crippen LogP contribution in [0.5, 0.6) is 0 Å². The Morgan fingerprint density at radius 1 is 1.75 bits per heavy atom. The molecule has 12 heavy (non-hydrogen) atoms. The number of hydrogen-bond acceptors (Lipinski definition) is 2. The van der Waals surface area contributed by atoms with Crippen LogP contribution in [-0.4, -0.2) is 15.7 Å². The van der Waals surface area contributed by atoms with Crippen LogP contribution in [0.3, 0.4) is 0 Å². The van der Waals surface area contributed by atoms with Gasteiger partial charge in [0.15, 0.2) is 0 Å². The Balaban J connectivity index is 2.40. The first kappa shape index (κ1) is 7.34. The standard InChI is InChI=1S/C8H11N3O/c1-2-11-7-3-8(12)9-4-6(7)5-10-11/h5H,2-4H2,1H3,(H,9,12). The third kappa shape index (κ3) is 0.995. The lowest BCUT2D eigenvalue weighted by Gasteiger charge is -2.13. The Hall–Kier alpha value is -1.32. The number of aromatic nitrogens is 2. The van der Waals surface area contributed by atoms with Gasteiger partial charge in [-0.1, -0.05) is 0 Å². The Morgan fingerprint density at radius 3 is 3.33 bits per heavy atom. The molecule has 1 aromatic rings. The molecule has 0 aliphatic carbocycles. The molecule has 0 radical (unpaired) electrons. The zero-order chi connectivity index (χ0) is 8.55. The highest BCUT2D eigenvalue weighted by Gasteiger charge is 2.18. The van der Waals surface area contributed by atoms with Crippen molar-refractivity contribution in [1.82, 2.24) is 15.1 Å². The van der Waals surface area contributed by atoms with Gasteiger partial charge in [0.05, 0.1) is 18.3 Å². The highest BCUT2D eigenvalue weighted by molar-refractivity contribution is 5.80. The minimum Gasteiger partial charge on any atom is -0.352 e. The van der Waals surface area contributed by atoms with E-state index in [0.29, 0.717) is 13.0 Å². The summed E-state index contributed by atoms with van der Waals surface area (Å²) in [5.74, 6) is 0.0951. The van der Waals surface area contributed by atoms with Crippen LogP contribution in [0.1, 0.15) is 18.2 Å². The Labute approximate surface area is 70.6 Å². The SMILES string of the molecule is CCn1ncc2c1CC(=O)NC2. The molecule has 0 aromatic carbocycles. The number of nitrogens with zero attached hydrogens (tertiary/aromatic N) is 2. The van der Waals surface area contributed by atoms with E-state index >= 15 is 0 Å². The summed E-state index contributed by atoms with van der Waals surface area (Å²) in [5.41, 5.74) is 2.22. The molecule has 0 saturated heterocycles. The van der Waals surface area contributed by atoms with E-state index in [9.17, 15) is 4.79 Å². The first-order chi connectivity index (χ1) is 5.81. The van der Waals surface area contributed by atoms with Crippen molar-refractivity contribution in [2.45, 2.75) is 26.4 Å². The maximum atomic E-state index is 11.0. The van der Waals surface area contributed by atoms with E-state index in [-0.39, 0.29) is 5.91 Å². The Morgan fingerprint density at radius 2 is 2.58 bits per heavy atom. The zero-order valence-corrected chi connectivity index (χ0v) is 7.00. The molecular weight excluding hydrogens is 154 g/mol. The first-order valence-electron chi connectivity index (χ1n) is 4.11. The van der Waals surface area contributed by atoms with Gasteiger partial charge in [0.1, 0.15) is 0 Å². The summed E-state index contributed by atoms with van der Waals surface area (Å²) >= 11 is 0. The van der Waals surface area contributed by atoms with E-state index in [1.165, 1.54) is 0 Å². The van der Waals surface area contributed by atoms with Gasteiger partial charge in [-0.05, 0) is 6.92 Å². The van der Waals surface area contributed by atoms with E-state index in [1.54, 1.807) is 0 Å². The van der Waals surface area contributed by atoms with Gasteiger partial charge in [-0.2, -0.15) is 5.10 Å². The van der Waals surface area contributed by atoms with Crippen LogP contribution in [0.4, 0.5) is 0 Å². The quantitative estimate of drug-likeness (QED) is 0.640. The number of amides is 1. The van der Waals surface area contributed by atoms with Crippen LogP contribution in [0.15, 0.2) is 6.20 Å².